The van der Waals surface area contributed by atoms with Gasteiger partial charge in [-0.25, -0.2) is 0 Å². The quantitative estimate of drug-likeness (QED) is 0.812. The minimum Gasteiger partial charge on any atom is -0.377 e. The first-order chi connectivity index (χ1) is 8.15. The Balaban J connectivity index is 2.34. The lowest BCUT2D eigenvalue weighted by Gasteiger charge is -2.17. The molecule has 1 rings (SSSR count). The van der Waals surface area contributed by atoms with Gasteiger partial charge in [-0.05, 0) is 36.5 Å². The molecule has 0 saturated carbocycles. The number of hydrogen-bond acceptors (Lipinski definition) is 2. The molecule has 2 unspecified atom stereocenters. The van der Waals surface area contributed by atoms with E-state index in [1.54, 1.807) is 0 Å². The Hall–Kier alpha value is -0.570. The third kappa shape index (κ3) is 5.53. The number of rotatable bonds is 7. The van der Waals surface area contributed by atoms with Crippen molar-refractivity contribution >= 4 is 11.6 Å². The van der Waals surface area contributed by atoms with Crippen molar-refractivity contribution in [2.75, 3.05) is 13.2 Å². The van der Waals surface area contributed by atoms with E-state index in [0.29, 0.717) is 12.5 Å². The summed E-state index contributed by atoms with van der Waals surface area (Å²) in [6.07, 6.45) is 2.19. The average Bonchev–Trinajstić information content (AvgIpc) is 2.33. The monoisotopic (exact) mass is 255 g/mol. The molecule has 0 aliphatic carbocycles. The predicted octanol–water partition coefficient (Wildman–Crippen LogP) is 3.27. The molecule has 1 aromatic carbocycles. The summed E-state index contributed by atoms with van der Waals surface area (Å²) < 4.78 is 5.75. The Kier molecular flexibility index (Phi) is 6.56. The van der Waals surface area contributed by atoms with Gasteiger partial charge in [-0.1, -0.05) is 37.6 Å². The largest absolute Gasteiger partial charge is 0.377 e. The topological polar surface area (TPSA) is 35.2 Å². The van der Waals surface area contributed by atoms with Crippen LogP contribution < -0.4 is 5.73 Å². The highest BCUT2D eigenvalue weighted by molar-refractivity contribution is 6.30. The molecule has 0 aliphatic heterocycles. The molecule has 0 bridgehead atoms. The normalized spacial score (nSPS) is 14.6. The molecular weight excluding hydrogens is 234 g/mol. The second-order valence-corrected chi connectivity index (χ2v) is 4.97. The predicted molar refractivity (Wildman–Crippen MR) is 73.4 cm³/mol. The van der Waals surface area contributed by atoms with Crippen molar-refractivity contribution in [3.8, 4) is 0 Å². The molecule has 3 heteroatoms. The van der Waals surface area contributed by atoms with Crippen molar-refractivity contribution in [1.82, 2.24) is 0 Å². The van der Waals surface area contributed by atoms with E-state index in [0.717, 1.165) is 24.5 Å². The van der Waals surface area contributed by atoms with Crippen LogP contribution in [0.3, 0.4) is 0 Å². The van der Waals surface area contributed by atoms with Gasteiger partial charge in [0.25, 0.3) is 0 Å². The number of ether oxygens (including phenoxy) is 1. The molecule has 2 atom stereocenters. The summed E-state index contributed by atoms with van der Waals surface area (Å²) in [7, 11) is 0. The van der Waals surface area contributed by atoms with Gasteiger partial charge in [0, 0.05) is 18.2 Å². The summed E-state index contributed by atoms with van der Waals surface area (Å²) in [5.41, 5.74) is 6.90. The third-order valence-corrected chi connectivity index (χ3v) is 3.08. The van der Waals surface area contributed by atoms with E-state index in [1.165, 1.54) is 5.56 Å². The first-order valence-electron chi connectivity index (χ1n) is 6.21. The molecule has 0 spiro atoms. The van der Waals surface area contributed by atoms with Gasteiger partial charge in [0.15, 0.2) is 0 Å². The van der Waals surface area contributed by atoms with Gasteiger partial charge in [0.1, 0.15) is 0 Å². The van der Waals surface area contributed by atoms with Crippen molar-refractivity contribution in [2.24, 2.45) is 11.7 Å². The van der Waals surface area contributed by atoms with E-state index in [9.17, 15) is 0 Å². The van der Waals surface area contributed by atoms with Gasteiger partial charge in [-0.2, -0.15) is 0 Å². The number of halogens is 1. The van der Waals surface area contributed by atoms with E-state index >= 15 is 0 Å². The maximum Gasteiger partial charge on any atom is 0.0694 e. The minimum atomic E-state index is 0.197. The van der Waals surface area contributed by atoms with Crippen LogP contribution in [0.5, 0.6) is 0 Å². The first-order valence-corrected chi connectivity index (χ1v) is 6.59. The van der Waals surface area contributed by atoms with E-state index in [1.807, 2.05) is 12.1 Å². The molecule has 2 N–H and O–H groups in total. The minimum absolute atomic E-state index is 0.197. The molecule has 0 aliphatic rings. The van der Waals surface area contributed by atoms with Crippen LogP contribution >= 0.6 is 11.6 Å². The maximum atomic E-state index is 5.85. The van der Waals surface area contributed by atoms with Gasteiger partial charge in [-0.15, -0.1) is 0 Å². The Labute approximate surface area is 109 Å². The van der Waals surface area contributed by atoms with Crippen LogP contribution in [-0.4, -0.2) is 19.3 Å². The Bertz CT molecular complexity index is 309. The van der Waals surface area contributed by atoms with Crippen molar-refractivity contribution in [1.29, 1.82) is 0 Å². The van der Waals surface area contributed by atoms with Gasteiger partial charge in [0.2, 0.25) is 0 Å². The van der Waals surface area contributed by atoms with Crippen molar-refractivity contribution in [2.45, 2.75) is 32.8 Å². The highest BCUT2D eigenvalue weighted by Crippen LogP contribution is 2.14. The Morgan fingerprint density at radius 1 is 1.29 bits per heavy atom. The van der Waals surface area contributed by atoms with Gasteiger partial charge in [-0.3, -0.25) is 0 Å². The molecule has 0 aromatic heterocycles. The second-order valence-electron chi connectivity index (χ2n) is 4.54. The van der Waals surface area contributed by atoms with E-state index in [2.05, 4.69) is 26.0 Å². The molecule has 1 aromatic rings. The van der Waals surface area contributed by atoms with E-state index in [4.69, 9.17) is 22.1 Å². The average molecular weight is 256 g/mol. The zero-order valence-electron chi connectivity index (χ0n) is 10.7. The van der Waals surface area contributed by atoms with E-state index in [-0.39, 0.29) is 6.10 Å². The molecule has 96 valence electrons. The van der Waals surface area contributed by atoms with Crippen LogP contribution in [0.2, 0.25) is 5.02 Å². The number of nitrogens with two attached hydrogens (primary N) is 1. The summed E-state index contributed by atoms with van der Waals surface area (Å²) in [6.45, 7) is 5.65. The SMILES string of the molecule is CCC(CN)OCC(C)Cc1ccc(Cl)cc1. The Morgan fingerprint density at radius 2 is 1.94 bits per heavy atom. The van der Waals surface area contributed by atoms with E-state index < -0.39 is 0 Å². The van der Waals surface area contributed by atoms with Crippen molar-refractivity contribution in [3.63, 3.8) is 0 Å². The van der Waals surface area contributed by atoms with Crippen molar-refractivity contribution < 1.29 is 4.74 Å². The second kappa shape index (κ2) is 7.70. The lowest BCUT2D eigenvalue weighted by molar-refractivity contribution is 0.0358. The van der Waals surface area contributed by atoms with Crippen LogP contribution in [0.1, 0.15) is 25.8 Å². The molecule has 0 heterocycles. The molecule has 2 nitrogen and oxygen atoms in total. The summed E-state index contributed by atoms with van der Waals surface area (Å²) in [6, 6.07) is 8.00. The molecule has 0 radical (unpaired) electrons. The standard InChI is InChI=1S/C14H22ClNO/c1-3-14(9-16)17-10-11(2)8-12-4-6-13(15)7-5-12/h4-7,11,14H,3,8-10,16H2,1-2H3. The van der Waals surface area contributed by atoms with Crippen LogP contribution in [-0.2, 0) is 11.2 Å². The molecule has 0 fully saturated rings. The summed E-state index contributed by atoms with van der Waals surface area (Å²) >= 11 is 5.85. The molecule has 0 amide bonds. The summed E-state index contributed by atoms with van der Waals surface area (Å²) in [5.74, 6) is 0.497. The lowest BCUT2D eigenvalue weighted by Crippen LogP contribution is -2.25. The number of benzene rings is 1. The fraction of sp³-hybridized carbons (Fsp3) is 0.571. The zero-order chi connectivity index (χ0) is 12.7. The highest BCUT2D eigenvalue weighted by Gasteiger charge is 2.08. The first kappa shape index (κ1) is 14.5. The number of hydrogen-bond donors (Lipinski definition) is 1. The molecule has 0 saturated heterocycles. The molecular formula is C14H22ClNO. The van der Waals surface area contributed by atoms with Crippen LogP contribution in [0, 0.1) is 5.92 Å². The fourth-order valence-electron chi connectivity index (χ4n) is 1.73. The zero-order valence-corrected chi connectivity index (χ0v) is 11.4. The van der Waals surface area contributed by atoms with Crippen LogP contribution in [0.15, 0.2) is 24.3 Å². The lowest BCUT2D eigenvalue weighted by atomic mass is 10.0. The van der Waals surface area contributed by atoms with Crippen molar-refractivity contribution in [3.05, 3.63) is 34.9 Å². The van der Waals surface area contributed by atoms with Crippen LogP contribution in [0.25, 0.3) is 0 Å². The summed E-state index contributed by atoms with van der Waals surface area (Å²) in [5, 5.41) is 0.784. The third-order valence-electron chi connectivity index (χ3n) is 2.83. The summed E-state index contributed by atoms with van der Waals surface area (Å²) in [4.78, 5) is 0. The highest BCUT2D eigenvalue weighted by atomic mass is 35.5. The van der Waals surface area contributed by atoms with Gasteiger partial charge < -0.3 is 10.5 Å². The smallest absolute Gasteiger partial charge is 0.0694 e. The van der Waals surface area contributed by atoms with Crippen LogP contribution in [0.4, 0.5) is 0 Å². The molecule has 17 heavy (non-hydrogen) atoms. The fourth-order valence-corrected chi connectivity index (χ4v) is 1.86. The maximum absolute atomic E-state index is 5.85. The Morgan fingerprint density at radius 3 is 2.47 bits per heavy atom. The van der Waals surface area contributed by atoms with Gasteiger partial charge in [0.05, 0.1) is 6.10 Å². The van der Waals surface area contributed by atoms with Gasteiger partial charge >= 0.3 is 0 Å².